The summed E-state index contributed by atoms with van der Waals surface area (Å²) in [7, 11) is 0. The Hall–Kier alpha value is -3.10. The van der Waals surface area contributed by atoms with Crippen molar-refractivity contribution in [2.24, 2.45) is 0 Å². The van der Waals surface area contributed by atoms with Crippen LogP contribution in [0, 0.1) is 11.3 Å². The van der Waals surface area contributed by atoms with E-state index in [4.69, 9.17) is 14.7 Å². The van der Waals surface area contributed by atoms with Gasteiger partial charge in [-0.3, -0.25) is 0 Å². The van der Waals surface area contributed by atoms with Gasteiger partial charge in [-0.15, -0.1) is 0 Å². The van der Waals surface area contributed by atoms with Crippen molar-refractivity contribution in [2.75, 3.05) is 0 Å². The minimum atomic E-state index is -0.750. The van der Waals surface area contributed by atoms with Crippen LogP contribution in [0.5, 0.6) is 5.75 Å². The second kappa shape index (κ2) is 9.15. The maximum Gasteiger partial charge on any atom is 0.338 e. The van der Waals surface area contributed by atoms with E-state index in [1.807, 2.05) is 46.8 Å². The molecule has 1 N–H and O–H groups in total. The Morgan fingerprint density at radius 2 is 1.60 bits per heavy atom. The second-order valence-electron chi connectivity index (χ2n) is 8.51. The van der Waals surface area contributed by atoms with E-state index < -0.39 is 17.2 Å². The third-order valence-electron chi connectivity index (χ3n) is 4.84. The normalized spacial score (nSPS) is 12.7. The molecule has 0 radical (unpaired) electrons. The first-order valence-corrected chi connectivity index (χ1v) is 9.83. The van der Waals surface area contributed by atoms with Crippen molar-refractivity contribution in [3.8, 4) is 11.8 Å². The molecule has 0 aliphatic heterocycles. The van der Waals surface area contributed by atoms with Gasteiger partial charge in [0.1, 0.15) is 11.4 Å². The Kier molecular flexibility index (Phi) is 7.07. The zero-order valence-corrected chi connectivity index (χ0v) is 18.2. The van der Waals surface area contributed by atoms with Gasteiger partial charge in [-0.1, -0.05) is 18.7 Å². The van der Waals surface area contributed by atoms with E-state index in [2.05, 4.69) is 12.6 Å². The Balaban J connectivity index is 2.00. The number of hydrogen-bond donors (Lipinski definition) is 1. The Morgan fingerprint density at radius 1 is 1.07 bits per heavy atom. The van der Waals surface area contributed by atoms with Gasteiger partial charge in [0.15, 0.2) is 0 Å². The molecule has 5 heteroatoms. The number of hydrogen-bond acceptors (Lipinski definition) is 5. The molecule has 0 fully saturated rings. The Bertz CT molecular complexity index is 935. The molecule has 5 nitrogen and oxygen atoms in total. The number of carbonyl (C=O) groups excluding carboxylic acids is 1. The molecule has 30 heavy (non-hydrogen) atoms. The molecule has 0 bridgehead atoms. The van der Waals surface area contributed by atoms with E-state index in [9.17, 15) is 9.90 Å². The molecule has 158 valence electrons. The number of rotatable bonds is 8. The number of phenols is 1. The summed E-state index contributed by atoms with van der Waals surface area (Å²) in [6.45, 7) is 13.7. The molecule has 0 aliphatic carbocycles. The molecule has 1 unspecified atom stereocenters. The highest BCUT2D eigenvalue weighted by atomic mass is 16.6. The minimum absolute atomic E-state index is 0.0950. The Morgan fingerprint density at radius 3 is 2.13 bits per heavy atom. The largest absolute Gasteiger partial charge is 0.508 e. The van der Waals surface area contributed by atoms with Gasteiger partial charge in [0, 0.05) is 6.42 Å². The number of nitriles is 1. The van der Waals surface area contributed by atoms with Crippen molar-refractivity contribution < 1.29 is 19.4 Å². The molecule has 1 atom stereocenters. The van der Waals surface area contributed by atoms with Crippen molar-refractivity contribution >= 4 is 11.5 Å². The predicted octanol–water partition coefficient (Wildman–Crippen LogP) is 5.49. The molecule has 2 rings (SSSR count). The molecule has 2 aromatic carbocycles. The van der Waals surface area contributed by atoms with Crippen LogP contribution in [-0.4, -0.2) is 28.4 Å². The molecule has 0 saturated carbocycles. The zero-order valence-electron chi connectivity index (χ0n) is 18.2. The molecule has 2 aromatic rings. The number of aromatic hydroxyl groups is 1. The fourth-order valence-electron chi connectivity index (χ4n) is 3.35. The van der Waals surface area contributed by atoms with Gasteiger partial charge in [0.05, 0.1) is 28.9 Å². The molecule has 0 amide bonds. The molecule has 0 spiro atoms. The van der Waals surface area contributed by atoms with Gasteiger partial charge in [-0.25, -0.2) is 4.79 Å². The number of benzene rings is 2. The number of carbonyl (C=O) groups is 1. The van der Waals surface area contributed by atoms with Crippen LogP contribution in [0.25, 0.3) is 5.57 Å². The van der Waals surface area contributed by atoms with Crippen LogP contribution in [0.1, 0.15) is 62.5 Å². The van der Waals surface area contributed by atoms with Gasteiger partial charge in [0.2, 0.25) is 0 Å². The lowest BCUT2D eigenvalue weighted by molar-refractivity contribution is -0.0711. The number of esters is 1. The van der Waals surface area contributed by atoms with Gasteiger partial charge in [0.25, 0.3) is 0 Å². The highest BCUT2D eigenvalue weighted by Crippen LogP contribution is 2.32. The SMILES string of the molecule is C=C(c1ccc(C#N)cc1)C(C)(C)OC(C)CC(C)(C)OC(=O)c1ccc(O)cc1. The van der Waals surface area contributed by atoms with Gasteiger partial charge < -0.3 is 14.6 Å². The lowest BCUT2D eigenvalue weighted by Crippen LogP contribution is -2.37. The fourth-order valence-corrected chi connectivity index (χ4v) is 3.35. The minimum Gasteiger partial charge on any atom is -0.508 e. The summed E-state index contributed by atoms with van der Waals surface area (Å²) >= 11 is 0. The van der Waals surface area contributed by atoms with Crippen molar-refractivity contribution in [1.82, 2.24) is 0 Å². The van der Waals surface area contributed by atoms with Gasteiger partial charge in [-0.2, -0.15) is 5.26 Å². The lowest BCUT2D eigenvalue weighted by atomic mass is 9.91. The molecular weight excluding hydrogens is 378 g/mol. The third kappa shape index (κ3) is 6.20. The lowest BCUT2D eigenvalue weighted by Gasteiger charge is -2.35. The summed E-state index contributed by atoms with van der Waals surface area (Å²) in [5.41, 5.74) is 1.28. The average molecular weight is 408 g/mol. The monoisotopic (exact) mass is 407 g/mol. The van der Waals surface area contributed by atoms with Crippen molar-refractivity contribution in [3.63, 3.8) is 0 Å². The van der Waals surface area contributed by atoms with Crippen LogP contribution < -0.4 is 0 Å². The summed E-state index contributed by atoms with van der Waals surface area (Å²) in [4.78, 5) is 12.4. The summed E-state index contributed by atoms with van der Waals surface area (Å²) in [6, 6.07) is 15.3. The number of nitrogens with zero attached hydrogens (tertiary/aromatic N) is 1. The third-order valence-corrected chi connectivity index (χ3v) is 4.84. The standard InChI is InChI=1S/C25H29NO4/c1-17(15-24(3,4)30-23(28)21-11-13-22(27)14-12-21)29-25(5,6)18(2)20-9-7-19(16-26)8-10-20/h7-14,17,27H,2,15H2,1,3-6H3. The van der Waals surface area contributed by atoms with Crippen molar-refractivity contribution in [2.45, 2.75) is 58.3 Å². The first-order valence-electron chi connectivity index (χ1n) is 9.83. The highest BCUT2D eigenvalue weighted by Gasteiger charge is 2.31. The van der Waals surface area contributed by atoms with Crippen LogP contribution in [-0.2, 0) is 9.47 Å². The number of ether oxygens (including phenoxy) is 2. The maximum atomic E-state index is 12.4. The van der Waals surface area contributed by atoms with Crippen molar-refractivity contribution in [3.05, 3.63) is 71.8 Å². The summed E-state index contributed by atoms with van der Waals surface area (Å²) in [6.07, 6.45) is 0.277. The molecule has 0 heterocycles. The van der Waals surface area contributed by atoms with Gasteiger partial charge in [-0.05, 0) is 82.2 Å². The second-order valence-corrected chi connectivity index (χ2v) is 8.51. The quantitative estimate of drug-likeness (QED) is 0.586. The van der Waals surface area contributed by atoms with E-state index in [1.165, 1.54) is 24.3 Å². The van der Waals surface area contributed by atoms with Crippen LogP contribution in [0.4, 0.5) is 0 Å². The van der Waals surface area contributed by atoms with Crippen LogP contribution in [0.2, 0.25) is 0 Å². The number of phenolic OH excluding ortho intramolecular Hbond substituents is 1. The van der Waals surface area contributed by atoms with E-state index in [1.54, 1.807) is 12.1 Å². The molecule has 0 aromatic heterocycles. The molecular formula is C25H29NO4. The van der Waals surface area contributed by atoms with Crippen LogP contribution in [0.3, 0.4) is 0 Å². The zero-order chi connectivity index (χ0) is 22.5. The fraction of sp³-hybridized carbons (Fsp3) is 0.360. The van der Waals surface area contributed by atoms with E-state index in [-0.39, 0.29) is 11.9 Å². The summed E-state index contributed by atoms with van der Waals surface area (Å²) in [5, 5.41) is 18.3. The van der Waals surface area contributed by atoms with Crippen molar-refractivity contribution in [1.29, 1.82) is 5.26 Å². The van der Waals surface area contributed by atoms with E-state index in [0.29, 0.717) is 17.5 Å². The predicted molar refractivity (Wildman–Crippen MR) is 117 cm³/mol. The first kappa shape index (κ1) is 23.2. The Labute approximate surface area is 178 Å². The first-order chi connectivity index (χ1) is 13.9. The summed E-state index contributed by atoms with van der Waals surface area (Å²) in [5.74, 6) is -0.356. The smallest absolute Gasteiger partial charge is 0.338 e. The van der Waals surface area contributed by atoms with Crippen LogP contribution in [0.15, 0.2) is 55.1 Å². The van der Waals surface area contributed by atoms with Gasteiger partial charge >= 0.3 is 5.97 Å². The van der Waals surface area contributed by atoms with E-state index >= 15 is 0 Å². The maximum absolute atomic E-state index is 12.4. The summed E-state index contributed by atoms with van der Waals surface area (Å²) < 4.78 is 11.9. The average Bonchev–Trinajstić information content (AvgIpc) is 2.66. The van der Waals surface area contributed by atoms with Crippen LogP contribution >= 0.6 is 0 Å². The highest BCUT2D eigenvalue weighted by molar-refractivity contribution is 5.89. The molecule has 0 saturated heterocycles. The van der Waals surface area contributed by atoms with E-state index in [0.717, 1.165) is 11.1 Å². The topological polar surface area (TPSA) is 79.5 Å². The molecule has 0 aliphatic rings.